The van der Waals surface area contributed by atoms with Gasteiger partial charge in [-0.15, -0.1) is 0 Å². The van der Waals surface area contributed by atoms with Crippen molar-refractivity contribution >= 4 is 11.9 Å². The van der Waals surface area contributed by atoms with Crippen molar-refractivity contribution < 1.29 is 13.6 Å². The van der Waals surface area contributed by atoms with E-state index in [1.807, 2.05) is 13.8 Å². The maximum atomic E-state index is 13.5. The number of aryl methyl sites for hydroxylation is 1. The quantitative estimate of drug-likeness (QED) is 0.939. The molecule has 1 N–H and O–H groups in total. The van der Waals surface area contributed by atoms with Crippen molar-refractivity contribution in [3.63, 3.8) is 0 Å². The number of nitrogens with one attached hydrogen (secondary N) is 1. The molecule has 0 fully saturated rings. The molecule has 0 radical (unpaired) electrons. The molecule has 2 rings (SSSR count). The normalized spacial score (nSPS) is 10.9. The van der Waals surface area contributed by atoms with Gasteiger partial charge in [-0.3, -0.25) is 10.1 Å². The van der Waals surface area contributed by atoms with Gasteiger partial charge in [0.25, 0.3) is 5.91 Å². The number of halogens is 2. The van der Waals surface area contributed by atoms with E-state index in [1.54, 1.807) is 7.05 Å². The van der Waals surface area contributed by atoms with Gasteiger partial charge in [0.2, 0.25) is 5.95 Å². The summed E-state index contributed by atoms with van der Waals surface area (Å²) in [6, 6.07) is 2.69. The second kappa shape index (κ2) is 5.36. The number of hydrogen-bond acceptors (Lipinski definition) is 3. The molecule has 0 aliphatic carbocycles. The van der Waals surface area contributed by atoms with Gasteiger partial charge in [-0.2, -0.15) is 10.1 Å². The van der Waals surface area contributed by atoms with Gasteiger partial charge in [-0.05, 0) is 18.2 Å². The van der Waals surface area contributed by atoms with Crippen molar-refractivity contribution in [3.8, 4) is 0 Å². The SMILES string of the molecule is CC(C)c1nc(NC(=O)c2cc(F)ccc2F)n(C)n1. The Kier molecular flexibility index (Phi) is 3.78. The summed E-state index contributed by atoms with van der Waals surface area (Å²) in [5.41, 5.74) is -0.376. The molecule has 20 heavy (non-hydrogen) atoms. The third-order valence-electron chi connectivity index (χ3n) is 2.69. The molecule has 0 unspecified atom stereocenters. The lowest BCUT2D eigenvalue weighted by molar-refractivity contribution is 0.102. The fraction of sp³-hybridized carbons (Fsp3) is 0.308. The van der Waals surface area contributed by atoms with Crippen LogP contribution in [0.25, 0.3) is 0 Å². The van der Waals surface area contributed by atoms with Crippen LogP contribution in [0.4, 0.5) is 14.7 Å². The largest absolute Gasteiger partial charge is 0.291 e. The van der Waals surface area contributed by atoms with E-state index in [2.05, 4.69) is 15.4 Å². The van der Waals surface area contributed by atoms with E-state index in [0.29, 0.717) is 5.82 Å². The molecule has 0 spiro atoms. The minimum Gasteiger partial charge on any atom is -0.291 e. The van der Waals surface area contributed by atoms with Crippen LogP contribution in [-0.4, -0.2) is 20.7 Å². The van der Waals surface area contributed by atoms with Crippen LogP contribution >= 0.6 is 0 Å². The van der Waals surface area contributed by atoms with E-state index in [4.69, 9.17) is 0 Å². The number of benzene rings is 1. The molecular weight excluding hydrogens is 266 g/mol. The standard InChI is InChI=1S/C13H14F2N4O/c1-7(2)11-16-13(19(3)18-11)17-12(20)9-6-8(14)4-5-10(9)15/h4-7H,1-3H3,(H,16,17,18,20). The first kappa shape index (κ1) is 14.1. The second-order valence-corrected chi connectivity index (χ2v) is 4.65. The maximum Gasteiger partial charge on any atom is 0.261 e. The predicted molar refractivity (Wildman–Crippen MR) is 69.4 cm³/mol. The van der Waals surface area contributed by atoms with Crippen LogP contribution in [0.15, 0.2) is 18.2 Å². The zero-order chi connectivity index (χ0) is 14.9. The van der Waals surface area contributed by atoms with Gasteiger partial charge in [0, 0.05) is 13.0 Å². The van der Waals surface area contributed by atoms with Crippen molar-refractivity contribution in [2.75, 3.05) is 5.32 Å². The number of nitrogens with zero attached hydrogens (tertiary/aromatic N) is 3. The Morgan fingerprint density at radius 3 is 2.65 bits per heavy atom. The van der Waals surface area contributed by atoms with Crippen LogP contribution in [0, 0.1) is 11.6 Å². The number of hydrogen-bond donors (Lipinski definition) is 1. The Balaban J connectivity index is 2.25. The first-order chi connectivity index (χ1) is 9.38. The molecular formula is C13H14F2N4O. The van der Waals surface area contributed by atoms with E-state index in [9.17, 15) is 13.6 Å². The highest BCUT2D eigenvalue weighted by molar-refractivity contribution is 6.03. The fourth-order valence-corrected chi connectivity index (χ4v) is 1.60. The summed E-state index contributed by atoms with van der Waals surface area (Å²) >= 11 is 0. The van der Waals surface area contributed by atoms with Crippen molar-refractivity contribution in [3.05, 3.63) is 41.2 Å². The summed E-state index contributed by atoms with van der Waals surface area (Å²) in [6.07, 6.45) is 0. The monoisotopic (exact) mass is 280 g/mol. The van der Waals surface area contributed by atoms with E-state index in [0.717, 1.165) is 18.2 Å². The van der Waals surface area contributed by atoms with E-state index >= 15 is 0 Å². The molecule has 1 aromatic carbocycles. The first-order valence-electron chi connectivity index (χ1n) is 6.06. The molecule has 0 atom stereocenters. The summed E-state index contributed by atoms with van der Waals surface area (Å²) in [5, 5.41) is 6.53. The Labute approximate surface area is 114 Å². The fourth-order valence-electron chi connectivity index (χ4n) is 1.60. The zero-order valence-corrected chi connectivity index (χ0v) is 11.3. The molecule has 0 bridgehead atoms. The number of carbonyl (C=O) groups excluding carboxylic acids is 1. The summed E-state index contributed by atoms with van der Waals surface area (Å²) in [4.78, 5) is 16.1. The molecule has 106 valence electrons. The number of carbonyl (C=O) groups is 1. The average Bonchev–Trinajstić information content (AvgIpc) is 2.74. The molecule has 0 aliphatic heterocycles. The third-order valence-corrected chi connectivity index (χ3v) is 2.69. The van der Waals surface area contributed by atoms with Crippen LogP contribution in [0.2, 0.25) is 0 Å². The van der Waals surface area contributed by atoms with E-state index in [-0.39, 0.29) is 17.4 Å². The van der Waals surface area contributed by atoms with Gasteiger partial charge in [0.1, 0.15) is 11.6 Å². The molecule has 0 saturated heterocycles. The predicted octanol–water partition coefficient (Wildman–Crippen LogP) is 2.47. The lowest BCUT2D eigenvalue weighted by Gasteiger charge is -2.04. The average molecular weight is 280 g/mol. The molecule has 7 heteroatoms. The minimum atomic E-state index is -0.796. The topological polar surface area (TPSA) is 59.8 Å². The van der Waals surface area contributed by atoms with Crippen LogP contribution in [0.5, 0.6) is 0 Å². The first-order valence-corrected chi connectivity index (χ1v) is 6.06. The van der Waals surface area contributed by atoms with Gasteiger partial charge in [-0.1, -0.05) is 13.8 Å². The summed E-state index contributed by atoms with van der Waals surface area (Å²) in [7, 11) is 1.61. The zero-order valence-electron chi connectivity index (χ0n) is 11.3. The Morgan fingerprint density at radius 2 is 2.05 bits per heavy atom. The van der Waals surface area contributed by atoms with Gasteiger partial charge >= 0.3 is 0 Å². The Morgan fingerprint density at radius 1 is 1.35 bits per heavy atom. The van der Waals surface area contributed by atoms with Crippen molar-refractivity contribution in [1.29, 1.82) is 0 Å². The van der Waals surface area contributed by atoms with Crippen LogP contribution in [0.3, 0.4) is 0 Å². The van der Waals surface area contributed by atoms with Gasteiger partial charge in [0.15, 0.2) is 5.82 Å². The molecule has 0 aliphatic rings. The van der Waals surface area contributed by atoms with Crippen LogP contribution in [-0.2, 0) is 7.05 Å². The molecule has 1 heterocycles. The van der Waals surface area contributed by atoms with Crippen LogP contribution < -0.4 is 5.32 Å². The lowest BCUT2D eigenvalue weighted by Crippen LogP contribution is -2.17. The Bertz CT molecular complexity index is 652. The Hall–Kier alpha value is -2.31. The summed E-state index contributed by atoms with van der Waals surface area (Å²) in [6.45, 7) is 3.82. The molecule has 5 nitrogen and oxygen atoms in total. The molecule has 0 saturated carbocycles. The highest BCUT2D eigenvalue weighted by Crippen LogP contribution is 2.15. The number of rotatable bonds is 3. The molecule has 1 amide bonds. The van der Waals surface area contributed by atoms with Crippen molar-refractivity contribution in [1.82, 2.24) is 14.8 Å². The molecule has 1 aromatic heterocycles. The van der Waals surface area contributed by atoms with Gasteiger partial charge in [0.05, 0.1) is 5.56 Å². The van der Waals surface area contributed by atoms with Crippen molar-refractivity contribution in [2.45, 2.75) is 19.8 Å². The number of amides is 1. The second-order valence-electron chi connectivity index (χ2n) is 4.65. The smallest absolute Gasteiger partial charge is 0.261 e. The van der Waals surface area contributed by atoms with Gasteiger partial charge in [-0.25, -0.2) is 13.5 Å². The van der Waals surface area contributed by atoms with Crippen molar-refractivity contribution in [2.24, 2.45) is 7.05 Å². The maximum absolute atomic E-state index is 13.5. The number of aromatic nitrogens is 3. The van der Waals surface area contributed by atoms with E-state index in [1.165, 1.54) is 4.68 Å². The summed E-state index contributed by atoms with van der Waals surface area (Å²) in [5.74, 6) is -1.41. The lowest BCUT2D eigenvalue weighted by atomic mass is 10.2. The third kappa shape index (κ3) is 2.81. The summed E-state index contributed by atoms with van der Waals surface area (Å²) < 4.78 is 27.9. The van der Waals surface area contributed by atoms with Gasteiger partial charge < -0.3 is 0 Å². The number of anilines is 1. The van der Waals surface area contributed by atoms with E-state index < -0.39 is 17.5 Å². The van der Waals surface area contributed by atoms with Crippen LogP contribution in [0.1, 0.15) is 35.9 Å². The minimum absolute atomic E-state index is 0.0951. The highest BCUT2D eigenvalue weighted by Gasteiger charge is 2.17. The molecule has 2 aromatic rings. The highest BCUT2D eigenvalue weighted by atomic mass is 19.1.